The van der Waals surface area contributed by atoms with E-state index in [1.807, 2.05) is 30.3 Å². The van der Waals surface area contributed by atoms with Crippen molar-refractivity contribution in [2.75, 3.05) is 32.4 Å². The Balaban J connectivity index is 2.31. The summed E-state index contributed by atoms with van der Waals surface area (Å²) in [5.74, 6) is 0. The summed E-state index contributed by atoms with van der Waals surface area (Å²) in [7, 11) is -3.14. The average molecular weight is 268 g/mol. The van der Waals surface area contributed by atoms with Gasteiger partial charge in [0, 0.05) is 25.9 Å². The average Bonchev–Trinajstić information content (AvgIpc) is 2.58. The molecular formula is C13H20N2O2S. The van der Waals surface area contributed by atoms with Gasteiger partial charge in [0.2, 0.25) is 0 Å². The fraction of sp³-hybridized carbons (Fsp3) is 0.538. The molecule has 0 spiro atoms. The molecule has 1 aromatic carbocycles. The van der Waals surface area contributed by atoms with Crippen LogP contribution in [0.1, 0.15) is 17.4 Å². The van der Waals surface area contributed by atoms with Gasteiger partial charge in [0.25, 0.3) is 0 Å². The number of nitrogens with zero attached hydrogens (tertiary/aromatic N) is 1. The van der Waals surface area contributed by atoms with E-state index >= 15 is 0 Å². The zero-order chi connectivity index (χ0) is 13.0. The normalized spacial score (nSPS) is 20.3. The Morgan fingerprint density at radius 2 is 1.89 bits per heavy atom. The molecule has 0 bridgehead atoms. The molecular weight excluding hydrogens is 248 g/mol. The largest absolute Gasteiger partial charge is 0.315 e. The van der Waals surface area contributed by atoms with Gasteiger partial charge in [-0.3, -0.25) is 4.90 Å². The van der Waals surface area contributed by atoms with Gasteiger partial charge in [-0.2, -0.15) is 0 Å². The molecule has 0 aromatic heterocycles. The molecule has 1 heterocycles. The maximum absolute atomic E-state index is 12.1. The summed E-state index contributed by atoms with van der Waals surface area (Å²) in [6.45, 7) is 3.40. The third kappa shape index (κ3) is 3.31. The smallest absolute Gasteiger partial charge is 0.167 e. The summed E-state index contributed by atoms with van der Waals surface area (Å²) in [5, 5.41) is 2.78. The molecule has 0 radical (unpaired) electrons. The molecule has 1 saturated heterocycles. The Labute approximate surface area is 109 Å². The molecule has 1 aliphatic rings. The first-order chi connectivity index (χ1) is 8.59. The molecule has 4 nitrogen and oxygen atoms in total. The maximum atomic E-state index is 12.1. The van der Waals surface area contributed by atoms with Gasteiger partial charge >= 0.3 is 0 Å². The van der Waals surface area contributed by atoms with Gasteiger partial charge in [0.05, 0.1) is 0 Å². The molecule has 2 rings (SSSR count). The second-order valence-electron chi connectivity index (χ2n) is 4.73. The summed E-state index contributed by atoms with van der Waals surface area (Å²) in [6.07, 6.45) is 2.31. The van der Waals surface area contributed by atoms with Crippen molar-refractivity contribution in [2.24, 2.45) is 0 Å². The van der Waals surface area contributed by atoms with E-state index < -0.39 is 15.2 Å². The lowest BCUT2D eigenvalue weighted by molar-refractivity contribution is 0.266. The van der Waals surface area contributed by atoms with E-state index in [2.05, 4.69) is 10.2 Å². The third-order valence-corrected chi connectivity index (χ3v) is 4.58. The monoisotopic (exact) mass is 268 g/mol. The predicted octanol–water partition coefficient (Wildman–Crippen LogP) is 1.03. The van der Waals surface area contributed by atoms with Crippen LogP contribution in [0.3, 0.4) is 0 Å². The quantitative estimate of drug-likeness (QED) is 0.889. The van der Waals surface area contributed by atoms with Crippen molar-refractivity contribution in [2.45, 2.75) is 11.8 Å². The van der Waals surface area contributed by atoms with Crippen LogP contribution in [0.25, 0.3) is 0 Å². The van der Waals surface area contributed by atoms with Gasteiger partial charge in [-0.05, 0) is 18.5 Å². The summed E-state index contributed by atoms with van der Waals surface area (Å²) in [5.41, 5.74) is 0.863. The van der Waals surface area contributed by atoms with Gasteiger partial charge in [0.15, 0.2) is 9.84 Å². The lowest BCUT2D eigenvalue weighted by atomic mass is 10.2. The SMILES string of the molecule is CS(=O)(=O)C(c1ccccc1)N1CCCNCC1. The second kappa shape index (κ2) is 5.82. The van der Waals surface area contributed by atoms with Gasteiger partial charge < -0.3 is 5.32 Å². The van der Waals surface area contributed by atoms with Crippen molar-refractivity contribution in [3.8, 4) is 0 Å². The van der Waals surface area contributed by atoms with Gasteiger partial charge in [-0.1, -0.05) is 30.3 Å². The molecule has 5 heteroatoms. The first-order valence-electron chi connectivity index (χ1n) is 6.27. The second-order valence-corrected chi connectivity index (χ2v) is 6.84. The molecule has 1 fully saturated rings. The third-order valence-electron chi connectivity index (χ3n) is 3.20. The number of sulfone groups is 1. The first kappa shape index (κ1) is 13.5. The molecule has 1 unspecified atom stereocenters. The Hall–Kier alpha value is -0.910. The minimum absolute atomic E-state index is 0.515. The Kier molecular flexibility index (Phi) is 4.37. The number of benzene rings is 1. The number of hydrogen-bond donors (Lipinski definition) is 1. The predicted molar refractivity (Wildman–Crippen MR) is 73.1 cm³/mol. The Morgan fingerprint density at radius 3 is 2.56 bits per heavy atom. The van der Waals surface area contributed by atoms with Crippen molar-refractivity contribution >= 4 is 9.84 Å². The van der Waals surface area contributed by atoms with E-state index in [1.54, 1.807) is 0 Å². The molecule has 1 atom stereocenters. The lowest BCUT2D eigenvalue weighted by Gasteiger charge is -2.29. The van der Waals surface area contributed by atoms with E-state index in [4.69, 9.17) is 0 Å². The summed E-state index contributed by atoms with van der Waals surface area (Å²) in [6, 6.07) is 9.48. The van der Waals surface area contributed by atoms with Crippen LogP contribution < -0.4 is 5.32 Å². The van der Waals surface area contributed by atoms with Crippen LogP contribution in [-0.2, 0) is 9.84 Å². The minimum atomic E-state index is -3.14. The topological polar surface area (TPSA) is 49.4 Å². The maximum Gasteiger partial charge on any atom is 0.167 e. The summed E-state index contributed by atoms with van der Waals surface area (Å²) in [4.78, 5) is 2.06. The molecule has 1 N–H and O–H groups in total. The molecule has 1 aliphatic heterocycles. The first-order valence-corrected chi connectivity index (χ1v) is 8.23. The van der Waals surface area contributed by atoms with E-state index in [1.165, 1.54) is 6.26 Å². The van der Waals surface area contributed by atoms with Crippen LogP contribution in [-0.4, -0.2) is 45.8 Å². The van der Waals surface area contributed by atoms with E-state index in [-0.39, 0.29) is 0 Å². The van der Waals surface area contributed by atoms with Gasteiger partial charge in [0.1, 0.15) is 5.37 Å². The van der Waals surface area contributed by atoms with Crippen LogP contribution >= 0.6 is 0 Å². The van der Waals surface area contributed by atoms with E-state index in [9.17, 15) is 8.42 Å². The zero-order valence-electron chi connectivity index (χ0n) is 10.7. The number of nitrogens with one attached hydrogen (secondary N) is 1. The molecule has 1 aromatic rings. The lowest BCUT2D eigenvalue weighted by Crippen LogP contribution is -2.36. The molecule has 18 heavy (non-hydrogen) atoms. The highest BCUT2D eigenvalue weighted by Gasteiger charge is 2.29. The standard InChI is InChI=1S/C13H20N2O2S/c1-18(16,17)13(12-6-3-2-4-7-12)15-10-5-8-14-9-11-15/h2-4,6-7,13-14H,5,8-11H2,1H3. The molecule has 0 saturated carbocycles. The number of rotatable bonds is 3. The van der Waals surface area contributed by atoms with Crippen LogP contribution in [0.5, 0.6) is 0 Å². The van der Waals surface area contributed by atoms with Crippen molar-refractivity contribution < 1.29 is 8.42 Å². The van der Waals surface area contributed by atoms with Crippen LogP contribution in [0, 0.1) is 0 Å². The van der Waals surface area contributed by atoms with E-state index in [0.717, 1.165) is 38.2 Å². The molecule has 100 valence electrons. The minimum Gasteiger partial charge on any atom is -0.315 e. The van der Waals surface area contributed by atoms with Crippen LogP contribution in [0.4, 0.5) is 0 Å². The fourth-order valence-electron chi connectivity index (χ4n) is 2.45. The van der Waals surface area contributed by atoms with Crippen LogP contribution in [0.15, 0.2) is 30.3 Å². The van der Waals surface area contributed by atoms with Crippen molar-refractivity contribution in [1.82, 2.24) is 10.2 Å². The fourth-order valence-corrected chi connectivity index (χ4v) is 3.85. The van der Waals surface area contributed by atoms with E-state index in [0.29, 0.717) is 0 Å². The van der Waals surface area contributed by atoms with Gasteiger partial charge in [-0.25, -0.2) is 8.42 Å². The summed E-state index contributed by atoms with van der Waals surface area (Å²) >= 11 is 0. The Bertz CT molecular complexity index is 465. The van der Waals surface area contributed by atoms with Crippen molar-refractivity contribution in [3.05, 3.63) is 35.9 Å². The summed E-state index contributed by atoms with van der Waals surface area (Å²) < 4.78 is 24.2. The van der Waals surface area contributed by atoms with Crippen molar-refractivity contribution in [3.63, 3.8) is 0 Å². The zero-order valence-corrected chi connectivity index (χ0v) is 11.5. The molecule has 0 aliphatic carbocycles. The highest BCUT2D eigenvalue weighted by molar-refractivity contribution is 7.90. The Morgan fingerprint density at radius 1 is 1.17 bits per heavy atom. The number of hydrogen-bond acceptors (Lipinski definition) is 4. The van der Waals surface area contributed by atoms with Gasteiger partial charge in [-0.15, -0.1) is 0 Å². The highest BCUT2D eigenvalue weighted by atomic mass is 32.2. The van der Waals surface area contributed by atoms with Crippen molar-refractivity contribution in [1.29, 1.82) is 0 Å². The van der Waals surface area contributed by atoms with Crippen LogP contribution in [0.2, 0.25) is 0 Å². The highest BCUT2D eigenvalue weighted by Crippen LogP contribution is 2.26. The molecule has 0 amide bonds.